The Labute approximate surface area is 167 Å². The number of carbonyl (C=O) groups is 1. The van der Waals surface area contributed by atoms with Crippen molar-refractivity contribution in [2.24, 2.45) is 0 Å². The van der Waals surface area contributed by atoms with Crippen molar-refractivity contribution in [1.82, 2.24) is 5.32 Å². The molecule has 0 radical (unpaired) electrons. The van der Waals surface area contributed by atoms with Crippen LogP contribution in [0.15, 0.2) is 54.6 Å². The van der Waals surface area contributed by atoms with Crippen LogP contribution in [0.3, 0.4) is 0 Å². The third-order valence-electron chi connectivity index (χ3n) is 3.80. The van der Waals surface area contributed by atoms with Gasteiger partial charge in [0.2, 0.25) is 0 Å². The molecule has 1 N–H and O–H groups in total. The van der Waals surface area contributed by atoms with Gasteiger partial charge >= 0.3 is 6.09 Å². The molecule has 7 heteroatoms. The van der Waals surface area contributed by atoms with Gasteiger partial charge in [-0.25, -0.2) is 4.79 Å². The molecule has 2 rings (SSSR count). The Morgan fingerprint density at radius 3 is 2.11 bits per heavy atom. The van der Waals surface area contributed by atoms with Gasteiger partial charge in [-0.3, -0.25) is 4.18 Å². The standard InChI is InChI=1S/C21H27NO5S/c1-21(2,3)27-20(23)22-19(18-8-6-5-7-9-18)14-16-10-12-17(13-11-16)15-26-28(4,24)25/h5-13,19H,14-15H2,1-4H3,(H,22,23). The number of nitrogens with one attached hydrogen (secondary N) is 1. The van der Waals surface area contributed by atoms with Crippen molar-refractivity contribution in [3.05, 3.63) is 71.3 Å². The number of alkyl carbamates (subject to hydrolysis) is 1. The van der Waals surface area contributed by atoms with Crippen molar-refractivity contribution < 1.29 is 22.1 Å². The lowest BCUT2D eigenvalue weighted by molar-refractivity contribution is 0.0503. The zero-order valence-electron chi connectivity index (χ0n) is 16.6. The number of hydrogen-bond donors (Lipinski definition) is 1. The second-order valence-corrected chi connectivity index (χ2v) is 9.24. The molecule has 1 amide bonds. The van der Waals surface area contributed by atoms with Crippen LogP contribution >= 0.6 is 0 Å². The molecule has 6 nitrogen and oxygen atoms in total. The normalized spacial score (nSPS) is 13.0. The summed E-state index contributed by atoms with van der Waals surface area (Å²) in [5, 5.41) is 2.93. The molecule has 1 atom stereocenters. The van der Waals surface area contributed by atoms with Crippen molar-refractivity contribution in [3.63, 3.8) is 0 Å². The zero-order chi connectivity index (χ0) is 20.8. The second kappa shape index (κ2) is 9.21. The van der Waals surface area contributed by atoms with Gasteiger partial charge in [0.15, 0.2) is 0 Å². The van der Waals surface area contributed by atoms with Crippen LogP contribution in [0.4, 0.5) is 4.79 Å². The molecule has 2 aromatic rings. The zero-order valence-corrected chi connectivity index (χ0v) is 17.5. The van der Waals surface area contributed by atoms with Crippen LogP contribution in [0.25, 0.3) is 0 Å². The van der Waals surface area contributed by atoms with Crippen LogP contribution in [0.2, 0.25) is 0 Å². The van der Waals surface area contributed by atoms with Crippen LogP contribution in [-0.4, -0.2) is 26.4 Å². The van der Waals surface area contributed by atoms with E-state index in [1.54, 1.807) is 0 Å². The minimum Gasteiger partial charge on any atom is -0.444 e. The summed E-state index contributed by atoms with van der Waals surface area (Å²) >= 11 is 0. The molecule has 0 saturated carbocycles. The smallest absolute Gasteiger partial charge is 0.408 e. The molecular weight excluding hydrogens is 378 g/mol. The molecule has 28 heavy (non-hydrogen) atoms. The lowest BCUT2D eigenvalue weighted by Gasteiger charge is -2.24. The fraction of sp³-hybridized carbons (Fsp3) is 0.381. The van der Waals surface area contributed by atoms with Crippen molar-refractivity contribution >= 4 is 16.2 Å². The number of benzene rings is 2. The largest absolute Gasteiger partial charge is 0.444 e. The molecule has 1 unspecified atom stereocenters. The SMILES string of the molecule is CC(C)(C)OC(=O)NC(Cc1ccc(COS(C)(=O)=O)cc1)c1ccccc1. The molecular formula is C21H27NO5S. The summed E-state index contributed by atoms with van der Waals surface area (Å²) in [6.45, 7) is 5.46. The van der Waals surface area contributed by atoms with E-state index in [1.807, 2.05) is 75.4 Å². The molecule has 0 heterocycles. The van der Waals surface area contributed by atoms with Gasteiger partial charge in [-0.05, 0) is 43.9 Å². The molecule has 0 spiro atoms. The number of rotatable bonds is 7. The van der Waals surface area contributed by atoms with Gasteiger partial charge in [0.1, 0.15) is 5.60 Å². The van der Waals surface area contributed by atoms with Crippen molar-refractivity contribution in [2.75, 3.05) is 6.26 Å². The van der Waals surface area contributed by atoms with E-state index in [2.05, 4.69) is 5.32 Å². The Balaban J connectivity index is 2.10. The first-order chi connectivity index (χ1) is 13.0. The molecule has 0 aliphatic heterocycles. The van der Waals surface area contributed by atoms with Gasteiger partial charge in [0.05, 0.1) is 18.9 Å². The Kier molecular flexibility index (Phi) is 7.21. The molecule has 0 aliphatic carbocycles. The highest BCUT2D eigenvalue weighted by Crippen LogP contribution is 2.20. The van der Waals surface area contributed by atoms with E-state index in [1.165, 1.54) is 0 Å². The van der Waals surface area contributed by atoms with Gasteiger partial charge in [-0.1, -0.05) is 54.6 Å². The highest BCUT2D eigenvalue weighted by Gasteiger charge is 2.21. The van der Waals surface area contributed by atoms with E-state index in [-0.39, 0.29) is 12.6 Å². The highest BCUT2D eigenvalue weighted by atomic mass is 32.2. The van der Waals surface area contributed by atoms with E-state index < -0.39 is 21.8 Å². The minimum atomic E-state index is -3.48. The first-order valence-corrected chi connectivity index (χ1v) is 10.8. The summed E-state index contributed by atoms with van der Waals surface area (Å²) in [6, 6.07) is 16.8. The molecule has 0 aliphatic rings. The molecule has 2 aromatic carbocycles. The number of ether oxygens (including phenoxy) is 1. The van der Waals surface area contributed by atoms with Gasteiger partial charge in [0.25, 0.3) is 10.1 Å². The molecule has 0 saturated heterocycles. The summed E-state index contributed by atoms with van der Waals surface area (Å²) < 4.78 is 32.4. The summed E-state index contributed by atoms with van der Waals surface area (Å²) in [5.41, 5.74) is 2.14. The monoisotopic (exact) mass is 405 g/mol. The Bertz CT molecular complexity index is 871. The van der Waals surface area contributed by atoms with E-state index in [0.29, 0.717) is 6.42 Å². The number of hydrogen-bond acceptors (Lipinski definition) is 5. The topological polar surface area (TPSA) is 81.7 Å². The Hall–Kier alpha value is -2.38. The second-order valence-electron chi connectivity index (χ2n) is 7.60. The van der Waals surface area contributed by atoms with Crippen LogP contribution < -0.4 is 5.32 Å². The number of amides is 1. The Morgan fingerprint density at radius 1 is 1.00 bits per heavy atom. The average Bonchev–Trinajstić information content (AvgIpc) is 2.59. The van der Waals surface area contributed by atoms with Crippen molar-refractivity contribution in [3.8, 4) is 0 Å². The minimum absolute atomic E-state index is 0.00259. The van der Waals surface area contributed by atoms with Crippen LogP contribution in [0.1, 0.15) is 43.5 Å². The third kappa shape index (κ3) is 8.10. The predicted molar refractivity (Wildman–Crippen MR) is 108 cm³/mol. The maximum absolute atomic E-state index is 12.3. The molecule has 0 bridgehead atoms. The van der Waals surface area contributed by atoms with E-state index >= 15 is 0 Å². The van der Waals surface area contributed by atoms with E-state index in [0.717, 1.165) is 22.9 Å². The van der Waals surface area contributed by atoms with Crippen molar-refractivity contribution in [2.45, 2.75) is 45.4 Å². The lowest BCUT2D eigenvalue weighted by atomic mass is 9.98. The Morgan fingerprint density at radius 2 is 1.57 bits per heavy atom. The third-order valence-corrected chi connectivity index (χ3v) is 4.34. The van der Waals surface area contributed by atoms with Crippen LogP contribution in [0.5, 0.6) is 0 Å². The van der Waals surface area contributed by atoms with Crippen LogP contribution in [0, 0.1) is 0 Å². The van der Waals surface area contributed by atoms with Gasteiger partial charge in [0, 0.05) is 0 Å². The van der Waals surface area contributed by atoms with Crippen LogP contribution in [-0.2, 0) is 32.1 Å². The predicted octanol–water partition coefficient (Wildman–Crippen LogP) is 3.97. The molecule has 152 valence electrons. The first-order valence-electron chi connectivity index (χ1n) is 8.98. The summed E-state index contributed by atoms with van der Waals surface area (Å²) in [5.74, 6) is 0. The van der Waals surface area contributed by atoms with E-state index in [9.17, 15) is 13.2 Å². The maximum atomic E-state index is 12.3. The lowest BCUT2D eigenvalue weighted by Crippen LogP contribution is -2.35. The molecule has 0 fully saturated rings. The fourth-order valence-electron chi connectivity index (χ4n) is 2.57. The summed E-state index contributed by atoms with van der Waals surface area (Å²) in [6.07, 6.45) is 1.12. The van der Waals surface area contributed by atoms with Gasteiger partial charge in [-0.2, -0.15) is 8.42 Å². The molecule has 0 aromatic heterocycles. The highest BCUT2D eigenvalue weighted by molar-refractivity contribution is 7.85. The summed E-state index contributed by atoms with van der Waals surface area (Å²) in [7, 11) is -3.48. The van der Waals surface area contributed by atoms with Gasteiger partial charge in [-0.15, -0.1) is 0 Å². The summed E-state index contributed by atoms with van der Waals surface area (Å²) in [4.78, 5) is 12.3. The number of carbonyl (C=O) groups excluding carboxylic acids is 1. The fourth-order valence-corrected chi connectivity index (χ4v) is 2.92. The van der Waals surface area contributed by atoms with Crippen molar-refractivity contribution in [1.29, 1.82) is 0 Å². The maximum Gasteiger partial charge on any atom is 0.408 e. The quantitative estimate of drug-likeness (QED) is 0.705. The first kappa shape index (κ1) is 21.9. The van der Waals surface area contributed by atoms with Gasteiger partial charge < -0.3 is 10.1 Å². The average molecular weight is 406 g/mol. The van der Waals surface area contributed by atoms with E-state index in [4.69, 9.17) is 8.92 Å².